The second-order valence-corrected chi connectivity index (χ2v) is 7.24. The highest BCUT2D eigenvalue weighted by atomic mass is 16.5. The van der Waals surface area contributed by atoms with Crippen LogP contribution in [-0.4, -0.2) is 17.6 Å². The summed E-state index contributed by atoms with van der Waals surface area (Å²) in [4.78, 5) is 12.6. The second-order valence-electron chi connectivity index (χ2n) is 7.24. The zero-order chi connectivity index (χ0) is 18.0. The Labute approximate surface area is 149 Å². The summed E-state index contributed by atoms with van der Waals surface area (Å²) in [5.41, 5.74) is 1.84. The lowest BCUT2D eigenvalue weighted by Crippen LogP contribution is -2.44. The SMILES string of the molecule is Cc1ccc(O[C@H](C)C(=O)N[C@H]2CC(C)(C)Oc3ccccc32)cc1. The van der Waals surface area contributed by atoms with Crippen molar-refractivity contribution in [1.82, 2.24) is 5.32 Å². The highest BCUT2D eigenvalue weighted by molar-refractivity contribution is 5.81. The first-order chi connectivity index (χ1) is 11.8. The van der Waals surface area contributed by atoms with Crippen molar-refractivity contribution in [1.29, 1.82) is 0 Å². The van der Waals surface area contributed by atoms with E-state index in [2.05, 4.69) is 5.32 Å². The molecule has 1 N–H and O–H groups in total. The Kier molecular flexibility index (Phi) is 4.71. The molecule has 2 atom stereocenters. The van der Waals surface area contributed by atoms with Crippen LogP contribution in [0.2, 0.25) is 0 Å². The van der Waals surface area contributed by atoms with Crippen molar-refractivity contribution in [2.45, 2.75) is 51.9 Å². The molecule has 2 aromatic rings. The molecule has 0 saturated heterocycles. The van der Waals surface area contributed by atoms with Gasteiger partial charge < -0.3 is 14.8 Å². The first-order valence-corrected chi connectivity index (χ1v) is 8.66. The number of benzene rings is 2. The number of amides is 1. The molecule has 0 spiro atoms. The van der Waals surface area contributed by atoms with Crippen LogP contribution in [0.15, 0.2) is 48.5 Å². The number of carbonyl (C=O) groups excluding carboxylic acids is 1. The molecule has 0 unspecified atom stereocenters. The predicted octanol–water partition coefficient (Wildman–Crippen LogP) is 4.18. The number of aryl methyl sites for hydroxylation is 1. The molecular formula is C21H25NO3. The molecule has 0 aliphatic carbocycles. The first kappa shape index (κ1) is 17.3. The molecule has 3 rings (SSSR count). The summed E-state index contributed by atoms with van der Waals surface area (Å²) < 4.78 is 11.8. The molecule has 1 heterocycles. The number of ether oxygens (including phenoxy) is 2. The topological polar surface area (TPSA) is 47.6 Å². The number of hydrogen-bond acceptors (Lipinski definition) is 3. The molecule has 2 aromatic carbocycles. The molecule has 0 saturated carbocycles. The minimum absolute atomic E-state index is 0.0866. The fourth-order valence-corrected chi connectivity index (χ4v) is 3.09. The Morgan fingerprint density at radius 1 is 1.20 bits per heavy atom. The van der Waals surface area contributed by atoms with Crippen molar-refractivity contribution in [3.63, 3.8) is 0 Å². The van der Waals surface area contributed by atoms with Crippen molar-refractivity contribution in [3.05, 3.63) is 59.7 Å². The summed E-state index contributed by atoms with van der Waals surface area (Å²) in [6.45, 7) is 7.86. The minimum Gasteiger partial charge on any atom is -0.487 e. The number of nitrogens with one attached hydrogen (secondary N) is 1. The van der Waals surface area contributed by atoms with Crippen molar-refractivity contribution in [2.75, 3.05) is 0 Å². The van der Waals surface area contributed by atoms with Crippen LogP contribution in [0.1, 0.15) is 44.4 Å². The zero-order valence-corrected chi connectivity index (χ0v) is 15.2. The first-order valence-electron chi connectivity index (χ1n) is 8.66. The van der Waals surface area contributed by atoms with Gasteiger partial charge in [-0.25, -0.2) is 0 Å². The lowest BCUT2D eigenvalue weighted by molar-refractivity contribution is -0.128. The summed E-state index contributed by atoms with van der Waals surface area (Å²) in [5, 5.41) is 3.12. The summed E-state index contributed by atoms with van der Waals surface area (Å²) in [6, 6.07) is 15.5. The van der Waals surface area contributed by atoms with Gasteiger partial charge in [-0.05, 0) is 45.9 Å². The minimum atomic E-state index is -0.569. The molecule has 25 heavy (non-hydrogen) atoms. The molecule has 1 aliphatic rings. The molecule has 1 aliphatic heterocycles. The van der Waals surface area contributed by atoms with E-state index in [-0.39, 0.29) is 17.6 Å². The van der Waals surface area contributed by atoms with Crippen molar-refractivity contribution in [2.24, 2.45) is 0 Å². The van der Waals surface area contributed by atoms with Gasteiger partial charge in [0.25, 0.3) is 5.91 Å². The van der Waals surface area contributed by atoms with Gasteiger partial charge in [-0.3, -0.25) is 4.79 Å². The van der Waals surface area contributed by atoms with E-state index in [1.165, 1.54) is 0 Å². The summed E-state index contributed by atoms with van der Waals surface area (Å²) in [7, 11) is 0. The standard InChI is InChI=1S/C21H25NO3/c1-14-9-11-16(12-10-14)24-15(2)20(23)22-18-13-21(3,4)25-19-8-6-5-7-17(18)19/h5-12,15,18H,13H2,1-4H3,(H,22,23)/t15-,18+/m1/s1. The Bertz CT molecular complexity index is 752. The maximum absolute atomic E-state index is 12.6. The van der Waals surface area contributed by atoms with Gasteiger partial charge in [0.2, 0.25) is 0 Å². The van der Waals surface area contributed by atoms with E-state index < -0.39 is 6.10 Å². The van der Waals surface area contributed by atoms with E-state index >= 15 is 0 Å². The lowest BCUT2D eigenvalue weighted by atomic mass is 9.89. The lowest BCUT2D eigenvalue weighted by Gasteiger charge is -2.38. The second kappa shape index (κ2) is 6.79. The summed E-state index contributed by atoms with van der Waals surface area (Å²) in [6.07, 6.45) is 0.147. The average Bonchev–Trinajstić information content (AvgIpc) is 2.56. The number of hydrogen-bond donors (Lipinski definition) is 1. The van der Waals surface area contributed by atoms with Crippen LogP contribution in [0, 0.1) is 6.92 Å². The Morgan fingerprint density at radius 2 is 1.88 bits per heavy atom. The van der Waals surface area contributed by atoms with Gasteiger partial charge in [-0.2, -0.15) is 0 Å². The van der Waals surface area contributed by atoms with Gasteiger partial charge in [0.1, 0.15) is 17.1 Å². The van der Waals surface area contributed by atoms with Gasteiger partial charge in [-0.1, -0.05) is 35.9 Å². The monoisotopic (exact) mass is 339 g/mol. The maximum Gasteiger partial charge on any atom is 0.261 e. The van der Waals surface area contributed by atoms with Crippen molar-refractivity contribution in [3.8, 4) is 11.5 Å². The van der Waals surface area contributed by atoms with Crippen LogP contribution >= 0.6 is 0 Å². The molecule has 4 heteroatoms. The quantitative estimate of drug-likeness (QED) is 0.909. The van der Waals surface area contributed by atoms with Gasteiger partial charge in [0.15, 0.2) is 6.10 Å². The summed E-state index contributed by atoms with van der Waals surface area (Å²) in [5.74, 6) is 1.40. The largest absolute Gasteiger partial charge is 0.487 e. The van der Waals surface area contributed by atoms with Crippen LogP contribution in [0.25, 0.3) is 0 Å². The van der Waals surface area contributed by atoms with Gasteiger partial charge in [-0.15, -0.1) is 0 Å². The van der Waals surface area contributed by atoms with E-state index in [1.54, 1.807) is 6.92 Å². The molecule has 0 aromatic heterocycles. The van der Waals surface area contributed by atoms with Gasteiger partial charge in [0, 0.05) is 12.0 Å². The molecule has 4 nitrogen and oxygen atoms in total. The highest BCUT2D eigenvalue weighted by Crippen LogP contribution is 2.39. The van der Waals surface area contributed by atoms with E-state index in [1.807, 2.05) is 69.3 Å². The van der Waals surface area contributed by atoms with Crippen LogP contribution < -0.4 is 14.8 Å². The Hall–Kier alpha value is -2.49. The van der Waals surface area contributed by atoms with Gasteiger partial charge >= 0.3 is 0 Å². The van der Waals surface area contributed by atoms with Crippen LogP contribution in [-0.2, 0) is 4.79 Å². The molecular weight excluding hydrogens is 314 g/mol. The number of fused-ring (bicyclic) bond motifs is 1. The van der Waals surface area contributed by atoms with Crippen molar-refractivity contribution >= 4 is 5.91 Å². The van der Waals surface area contributed by atoms with E-state index in [0.717, 1.165) is 16.9 Å². The van der Waals surface area contributed by atoms with Crippen LogP contribution in [0.3, 0.4) is 0 Å². The Balaban J connectivity index is 1.70. The number of rotatable bonds is 4. The molecule has 1 amide bonds. The third-order valence-electron chi connectivity index (χ3n) is 4.40. The molecule has 0 bridgehead atoms. The van der Waals surface area contributed by atoms with Crippen LogP contribution in [0.4, 0.5) is 0 Å². The fraction of sp³-hybridized carbons (Fsp3) is 0.381. The fourth-order valence-electron chi connectivity index (χ4n) is 3.09. The average molecular weight is 339 g/mol. The highest BCUT2D eigenvalue weighted by Gasteiger charge is 2.35. The normalized spacial score (nSPS) is 19.3. The van der Waals surface area contributed by atoms with E-state index in [0.29, 0.717) is 12.2 Å². The van der Waals surface area contributed by atoms with E-state index in [4.69, 9.17) is 9.47 Å². The number of carbonyl (C=O) groups is 1. The molecule has 0 radical (unpaired) electrons. The van der Waals surface area contributed by atoms with Gasteiger partial charge in [0.05, 0.1) is 6.04 Å². The predicted molar refractivity (Wildman–Crippen MR) is 97.9 cm³/mol. The summed E-state index contributed by atoms with van der Waals surface area (Å²) >= 11 is 0. The van der Waals surface area contributed by atoms with Crippen LogP contribution in [0.5, 0.6) is 11.5 Å². The number of para-hydroxylation sites is 1. The smallest absolute Gasteiger partial charge is 0.261 e. The van der Waals surface area contributed by atoms with E-state index in [9.17, 15) is 4.79 Å². The third-order valence-corrected chi connectivity index (χ3v) is 4.40. The zero-order valence-electron chi connectivity index (χ0n) is 15.2. The Morgan fingerprint density at radius 3 is 2.60 bits per heavy atom. The molecule has 0 fully saturated rings. The molecule has 132 valence electrons. The van der Waals surface area contributed by atoms with Crippen molar-refractivity contribution < 1.29 is 14.3 Å². The third kappa shape index (κ3) is 4.13. The maximum atomic E-state index is 12.6.